The number of hydrogen-bond acceptors (Lipinski definition) is 6. The summed E-state index contributed by atoms with van der Waals surface area (Å²) in [5.74, 6) is 2.10. The number of benzene rings is 1. The van der Waals surface area contributed by atoms with Crippen LogP contribution in [0.25, 0.3) is 0 Å². The highest BCUT2D eigenvalue weighted by Crippen LogP contribution is 2.59. The summed E-state index contributed by atoms with van der Waals surface area (Å²) in [7, 11) is 0. The highest BCUT2D eigenvalue weighted by molar-refractivity contribution is 5.91. The molecule has 0 bridgehead atoms. The quantitative estimate of drug-likeness (QED) is 0.806. The average Bonchev–Trinajstić information content (AvgIpc) is 3.25. The molecule has 5 rings (SSSR count). The summed E-state index contributed by atoms with van der Waals surface area (Å²) in [5.41, 5.74) is 1.74. The number of amides is 2. The lowest BCUT2D eigenvalue weighted by Crippen LogP contribution is -2.34. The van der Waals surface area contributed by atoms with Crippen molar-refractivity contribution in [2.75, 3.05) is 11.9 Å². The third kappa shape index (κ3) is 2.56. The van der Waals surface area contributed by atoms with E-state index in [-0.39, 0.29) is 29.9 Å². The standard InChI is InChI=1S/C19H17N3O5/c1-2-25-18(23)15-14-10-7-9(3-4-12(10)27-16(14)15)26-13-5-6-20-17-11(13)8-21-19(24)22-17/h3-7,14-16H,2,8H2,1H3,(H2,20,21,22,24)/t14?,15-,16?/m0/s1. The number of hydrogen-bond donors (Lipinski definition) is 2. The van der Waals surface area contributed by atoms with Gasteiger partial charge < -0.3 is 19.5 Å². The normalized spacial score (nSPS) is 23.7. The van der Waals surface area contributed by atoms with Crippen LogP contribution in [0, 0.1) is 5.92 Å². The van der Waals surface area contributed by atoms with Crippen molar-refractivity contribution < 1.29 is 23.8 Å². The van der Waals surface area contributed by atoms with Gasteiger partial charge >= 0.3 is 12.0 Å². The number of nitrogens with one attached hydrogen (secondary N) is 2. The van der Waals surface area contributed by atoms with Crippen molar-refractivity contribution in [3.05, 3.63) is 41.6 Å². The number of fused-ring (bicyclic) bond motifs is 4. The van der Waals surface area contributed by atoms with Gasteiger partial charge in [-0.15, -0.1) is 0 Å². The number of rotatable bonds is 4. The number of esters is 1. The molecule has 2 unspecified atom stereocenters. The molecule has 3 aliphatic rings. The molecular weight excluding hydrogens is 350 g/mol. The van der Waals surface area contributed by atoms with E-state index in [9.17, 15) is 9.59 Å². The van der Waals surface area contributed by atoms with Gasteiger partial charge in [-0.05, 0) is 31.2 Å². The van der Waals surface area contributed by atoms with Gasteiger partial charge in [0.05, 0.1) is 18.7 Å². The molecule has 3 heterocycles. The van der Waals surface area contributed by atoms with Crippen LogP contribution >= 0.6 is 0 Å². The first-order valence-electron chi connectivity index (χ1n) is 8.83. The van der Waals surface area contributed by atoms with E-state index < -0.39 is 0 Å². The minimum absolute atomic E-state index is 0.0231. The van der Waals surface area contributed by atoms with E-state index in [0.717, 1.165) is 16.9 Å². The van der Waals surface area contributed by atoms with Gasteiger partial charge in [-0.2, -0.15) is 0 Å². The molecule has 8 heteroatoms. The Morgan fingerprint density at radius 3 is 3.11 bits per heavy atom. The Hall–Kier alpha value is -3.29. The predicted octanol–water partition coefficient (Wildman–Crippen LogP) is 2.55. The van der Waals surface area contributed by atoms with E-state index in [0.29, 0.717) is 30.5 Å². The van der Waals surface area contributed by atoms with E-state index in [2.05, 4.69) is 15.6 Å². The van der Waals surface area contributed by atoms with Crippen molar-refractivity contribution >= 4 is 17.8 Å². The summed E-state index contributed by atoms with van der Waals surface area (Å²) in [4.78, 5) is 27.6. The molecule has 3 atom stereocenters. The Balaban J connectivity index is 1.39. The van der Waals surface area contributed by atoms with Crippen molar-refractivity contribution in [1.29, 1.82) is 0 Å². The molecule has 2 aliphatic heterocycles. The molecule has 0 radical (unpaired) electrons. The van der Waals surface area contributed by atoms with E-state index >= 15 is 0 Å². The molecule has 1 aliphatic carbocycles. The number of pyridine rings is 1. The van der Waals surface area contributed by atoms with Crippen molar-refractivity contribution in [3.8, 4) is 17.2 Å². The maximum Gasteiger partial charge on any atom is 0.320 e. The van der Waals surface area contributed by atoms with Gasteiger partial charge in [-0.25, -0.2) is 9.78 Å². The fourth-order valence-electron chi connectivity index (χ4n) is 3.72. The zero-order valence-corrected chi connectivity index (χ0v) is 14.5. The molecule has 0 saturated heterocycles. The lowest BCUT2D eigenvalue weighted by molar-refractivity contribution is -0.145. The van der Waals surface area contributed by atoms with Gasteiger partial charge in [-0.3, -0.25) is 10.1 Å². The Kier molecular flexibility index (Phi) is 3.46. The van der Waals surface area contributed by atoms with Gasteiger partial charge in [0.25, 0.3) is 0 Å². The van der Waals surface area contributed by atoms with E-state index in [1.807, 2.05) is 18.2 Å². The molecule has 27 heavy (non-hydrogen) atoms. The van der Waals surface area contributed by atoms with Crippen molar-refractivity contribution in [2.45, 2.75) is 25.5 Å². The fraction of sp³-hybridized carbons (Fsp3) is 0.316. The molecule has 138 valence electrons. The van der Waals surface area contributed by atoms with Crippen molar-refractivity contribution in [1.82, 2.24) is 10.3 Å². The monoisotopic (exact) mass is 367 g/mol. The summed E-state index contributed by atoms with van der Waals surface area (Å²) in [6, 6.07) is 7.05. The number of carbonyl (C=O) groups excluding carboxylic acids is 2. The minimum Gasteiger partial charge on any atom is -0.489 e. The third-order valence-corrected chi connectivity index (χ3v) is 5.01. The molecule has 1 aromatic heterocycles. The van der Waals surface area contributed by atoms with Crippen molar-refractivity contribution in [2.24, 2.45) is 5.92 Å². The first-order chi connectivity index (χ1) is 13.2. The lowest BCUT2D eigenvalue weighted by atomic mass is 10.1. The van der Waals surface area contributed by atoms with Gasteiger partial charge in [0.2, 0.25) is 0 Å². The Labute approximate surface area is 154 Å². The second-order valence-corrected chi connectivity index (χ2v) is 6.63. The number of nitrogens with zero attached hydrogens (tertiary/aromatic N) is 1. The zero-order chi connectivity index (χ0) is 18.5. The number of urea groups is 1. The molecule has 8 nitrogen and oxygen atoms in total. The van der Waals surface area contributed by atoms with Crippen LogP contribution in [-0.2, 0) is 16.1 Å². The van der Waals surface area contributed by atoms with Gasteiger partial charge in [0.1, 0.15) is 35.1 Å². The zero-order valence-electron chi connectivity index (χ0n) is 14.5. The Morgan fingerprint density at radius 2 is 2.26 bits per heavy atom. The maximum atomic E-state index is 12.0. The Morgan fingerprint density at radius 1 is 1.37 bits per heavy atom. The fourth-order valence-corrected chi connectivity index (χ4v) is 3.72. The SMILES string of the molecule is CCOC(=O)[C@@H]1C2Oc3ccc(Oc4ccnc5c4CNC(=O)N5)cc3C21. The van der Waals surface area contributed by atoms with Crippen LogP contribution in [0.5, 0.6) is 17.2 Å². The molecule has 1 fully saturated rings. The first kappa shape index (κ1) is 15.9. The van der Waals surface area contributed by atoms with Crippen LogP contribution in [0.4, 0.5) is 10.6 Å². The number of aromatic nitrogens is 1. The number of carbonyl (C=O) groups is 2. The van der Waals surface area contributed by atoms with E-state index in [1.54, 1.807) is 19.2 Å². The van der Waals surface area contributed by atoms with Crippen LogP contribution in [0.15, 0.2) is 30.5 Å². The molecular formula is C19H17N3O5. The minimum atomic E-state index is -0.286. The third-order valence-electron chi connectivity index (χ3n) is 5.01. The van der Waals surface area contributed by atoms with E-state index in [1.165, 1.54) is 0 Å². The smallest absolute Gasteiger partial charge is 0.320 e. The lowest BCUT2D eigenvalue weighted by Gasteiger charge is -2.20. The van der Waals surface area contributed by atoms with Gasteiger partial charge in [0.15, 0.2) is 0 Å². The first-order valence-corrected chi connectivity index (χ1v) is 8.83. The largest absolute Gasteiger partial charge is 0.489 e. The van der Waals surface area contributed by atoms with Crippen LogP contribution in [0.2, 0.25) is 0 Å². The second kappa shape index (κ2) is 5.87. The highest BCUT2D eigenvalue weighted by Gasteiger charge is 2.63. The molecule has 2 aromatic rings. The maximum absolute atomic E-state index is 12.0. The van der Waals surface area contributed by atoms with Crippen LogP contribution in [-0.4, -0.2) is 29.7 Å². The highest BCUT2D eigenvalue weighted by atomic mass is 16.5. The van der Waals surface area contributed by atoms with Crippen LogP contribution in [0.1, 0.15) is 24.0 Å². The number of anilines is 1. The summed E-state index contributed by atoms with van der Waals surface area (Å²) < 4.78 is 17.0. The van der Waals surface area contributed by atoms with E-state index in [4.69, 9.17) is 14.2 Å². The predicted molar refractivity (Wildman–Crippen MR) is 93.9 cm³/mol. The second-order valence-electron chi connectivity index (χ2n) is 6.63. The van der Waals surface area contributed by atoms with Gasteiger partial charge in [0, 0.05) is 17.7 Å². The summed E-state index contributed by atoms with van der Waals surface area (Å²) in [6.07, 6.45) is 1.45. The molecule has 0 spiro atoms. The van der Waals surface area contributed by atoms with Crippen LogP contribution < -0.4 is 20.1 Å². The molecule has 1 aromatic carbocycles. The molecule has 2 N–H and O–H groups in total. The molecule has 1 saturated carbocycles. The van der Waals surface area contributed by atoms with Gasteiger partial charge in [-0.1, -0.05) is 0 Å². The summed E-state index contributed by atoms with van der Waals surface area (Å²) in [5, 5.41) is 5.37. The topological polar surface area (TPSA) is 98.8 Å². The molecule has 2 amide bonds. The average molecular weight is 367 g/mol. The summed E-state index contributed by atoms with van der Waals surface area (Å²) >= 11 is 0. The van der Waals surface area contributed by atoms with Crippen molar-refractivity contribution in [3.63, 3.8) is 0 Å². The summed E-state index contributed by atoms with van der Waals surface area (Å²) in [6.45, 7) is 2.50. The Bertz CT molecular complexity index is 960. The number of ether oxygens (including phenoxy) is 3. The van der Waals surface area contributed by atoms with Crippen LogP contribution in [0.3, 0.4) is 0 Å².